The zero-order valence-electron chi connectivity index (χ0n) is 11.1. The second-order valence-corrected chi connectivity index (χ2v) is 4.46. The van der Waals surface area contributed by atoms with Gasteiger partial charge in [0.1, 0.15) is 0 Å². The van der Waals surface area contributed by atoms with E-state index >= 15 is 0 Å². The van der Waals surface area contributed by atoms with Crippen LogP contribution >= 0.6 is 0 Å². The van der Waals surface area contributed by atoms with Crippen LogP contribution in [0.1, 0.15) is 56.8 Å². The molecular formula is C13H25N3. The number of nitrogens with zero attached hydrogens (tertiary/aromatic N) is 2. The summed E-state index contributed by atoms with van der Waals surface area (Å²) in [5.41, 5.74) is 2.65. The van der Waals surface area contributed by atoms with E-state index in [1.807, 2.05) is 17.9 Å². The van der Waals surface area contributed by atoms with Crippen molar-refractivity contribution in [2.24, 2.45) is 7.05 Å². The summed E-state index contributed by atoms with van der Waals surface area (Å²) in [6.07, 6.45) is 6.93. The lowest BCUT2D eigenvalue weighted by atomic mass is 10.0. The Balaban J connectivity index is 2.70. The van der Waals surface area contributed by atoms with Gasteiger partial charge in [-0.2, -0.15) is 5.10 Å². The Morgan fingerprint density at radius 2 is 2.12 bits per heavy atom. The van der Waals surface area contributed by atoms with Gasteiger partial charge in [-0.15, -0.1) is 0 Å². The number of unbranched alkanes of at least 4 members (excludes halogenated alkanes) is 1. The molecule has 0 saturated carbocycles. The van der Waals surface area contributed by atoms with E-state index in [0.717, 1.165) is 6.54 Å². The summed E-state index contributed by atoms with van der Waals surface area (Å²) in [6.45, 7) is 7.69. The van der Waals surface area contributed by atoms with Gasteiger partial charge in [0.25, 0.3) is 0 Å². The summed E-state index contributed by atoms with van der Waals surface area (Å²) in [5.74, 6) is 0. The molecule has 1 unspecified atom stereocenters. The molecule has 0 aliphatic heterocycles. The first kappa shape index (κ1) is 13.2. The van der Waals surface area contributed by atoms with Crippen molar-refractivity contribution in [3.63, 3.8) is 0 Å². The van der Waals surface area contributed by atoms with Crippen molar-refractivity contribution in [3.05, 3.63) is 17.5 Å². The van der Waals surface area contributed by atoms with Crippen molar-refractivity contribution in [1.29, 1.82) is 0 Å². The molecule has 3 heteroatoms. The van der Waals surface area contributed by atoms with Crippen LogP contribution in [-0.2, 0) is 7.05 Å². The van der Waals surface area contributed by atoms with E-state index in [1.165, 1.54) is 36.9 Å². The molecule has 1 aromatic rings. The Morgan fingerprint density at radius 1 is 1.38 bits per heavy atom. The number of hydrogen-bond acceptors (Lipinski definition) is 2. The normalized spacial score (nSPS) is 13.0. The Kier molecular flexibility index (Phi) is 5.53. The van der Waals surface area contributed by atoms with E-state index in [-0.39, 0.29) is 0 Å². The highest BCUT2D eigenvalue weighted by Gasteiger charge is 2.15. The molecule has 0 aliphatic carbocycles. The molecule has 0 radical (unpaired) electrons. The molecule has 1 heterocycles. The molecule has 0 fully saturated rings. The van der Waals surface area contributed by atoms with Crippen LogP contribution in [0.3, 0.4) is 0 Å². The van der Waals surface area contributed by atoms with Crippen molar-refractivity contribution in [3.8, 4) is 0 Å². The second-order valence-electron chi connectivity index (χ2n) is 4.46. The molecule has 0 saturated heterocycles. The van der Waals surface area contributed by atoms with Crippen LogP contribution in [0.15, 0.2) is 6.20 Å². The molecule has 1 atom stereocenters. The number of rotatable bonds is 7. The lowest BCUT2D eigenvalue weighted by molar-refractivity contribution is 0.479. The summed E-state index contributed by atoms with van der Waals surface area (Å²) < 4.78 is 1.96. The molecule has 1 N–H and O–H groups in total. The lowest BCUT2D eigenvalue weighted by Gasteiger charge is -2.18. The third-order valence-corrected chi connectivity index (χ3v) is 3.14. The summed E-state index contributed by atoms with van der Waals surface area (Å²) in [4.78, 5) is 0. The third-order valence-electron chi connectivity index (χ3n) is 3.14. The molecule has 0 aromatic carbocycles. The topological polar surface area (TPSA) is 29.9 Å². The van der Waals surface area contributed by atoms with Gasteiger partial charge < -0.3 is 5.32 Å². The van der Waals surface area contributed by atoms with E-state index in [9.17, 15) is 0 Å². The Morgan fingerprint density at radius 3 is 2.62 bits per heavy atom. The first-order chi connectivity index (χ1) is 7.70. The average molecular weight is 223 g/mol. The SMILES string of the molecule is CCCCC(NCCC)c1cnn(C)c1C. The van der Waals surface area contributed by atoms with Gasteiger partial charge in [0.2, 0.25) is 0 Å². The number of aryl methyl sites for hydroxylation is 1. The summed E-state index contributed by atoms with van der Waals surface area (Å²) in [5, 5.41) is 7.95. The van der Waals surface area contributed by atoms with Crippen LogP contribution < -0.4 is 5.32 Å². The van der Waals surface area contributed by atoms with Crippen molar-refractivity contribution in [2.75, 3.05) is 6.54 Å². The molecular weight excluding hydrogens is 198 g/mol. The maximum absolute atomic E-state index is 4.33. The molecule has 0 amide bonds. The fourth-order valence-electron chi connectivity index (χ4n) is 1.95. The zero-order chi connectivity index (χ0) is 12.0. The van der Waals surface area contributed by atoms with Crippen LogP contribution in [-0.4, -0.2) is 16.3 Å². The lowest BCUT2D eigenvalue weighted by Crippen LogP contribution is -2.22. The highest BCUT2D eigenvalue weighted by Crippen LogP contribution is 2.22. The monoisotopic (exact) mass is 223 g/mol. The molecule has 16 heavy (non-hydrogen) atoms. The van der Waals surface area contributed by atoms with Crippen LogP contribution in [0.5, 0.6) is 0 Å². The maximum Gasteiger partial charge on any atom is 0.0540 e. The van der Waals surface area contributed by atoms with Crippen molar-refractivity contribution in [2.45, 2.75) is 52.5 Å². The van der Waals surface area contributed by atoms with Gasteiger partial charge in [0.15, 0.2) is 0 Å². The Labute approximate surface area is 99.2 Å². The summed E-state index contributed by atoms with van der Waals surface area (Å²) in [6, 6.07) is 0.480. The quantitative estimate of drug-likeness (QED) is 0.770. The largest absolute Gasteiger partial charge is 0.310 e. The predicted molar refractivity (Wildman–Crippen MR) is 68.5 cm³/mol. The van der Waals surface area contributed by atoms with Gasteiger partial charge in [0, 0.05) is 24.3 Å². The maximum atomic E-state index is 4.33. The van der Waals surface area contributed by atoms with E-state index in [1.54, 1.807) is 0 Å². The van der Waals surface area contributed by atoms with Crippen LogP contribution in [0.25, 0.3) is 0 Å². The number of nitrogens with one attached hydrogen (secondary N) is 1. The first-order valence-electron chi connectivity index (χ1n) is 6.42. The van der Waals surface area contributed by atoms with Gasteiger partial charge in [0.05, 0.1) is 6.20 Å². The fraction of sp³-hybridized carbons (Fsp3) is 0.769. The highest BCUT2D eigenvalue weighted by molar-refractivity contribution is 5.20. The molecule has 1 aromatic heterocycles. The van der Waals surface area contributed by atoms with Gasteiger partial charge >= 0.3 is 0 Å². The second kappa shape index (κ2) is 6.69. The first-order valence-corrected chi connectivity index (χ1v) is 6.42. The molecule has 0 aliphatic rings. The van der Waals surface area contributed by atoms with Crippen molar-refractivity contribution in [1.82, 2.24) is 15.1 Å². The summed E-state index contributed by atoms with van der Waals surface area (Å²) >= 11 is 0. The van der Waals surface area contributed by atoms with Crippen LogP contribution in [0.4, 0.5) is 0 Å². The molecule has 92 valence electrons. The number of aromatic nitrogens is 2. The third kappa shape index (κ3) is 3.34. The predicted octanol–water partition coefficient (Wildman–Crippen LogP) is 2.96. The van der Waals surface area contributed by atoms with Gasteiger partial charge in [-0.05, 0) is 26.3 Å². The zero-order valence-corrected chi connectivity index (χ0v) is 11.1. The fourth-order valence-corrected chi connectivity index (χ4v) is 1.95. The highest BCUT2D eigenvalue weighted by atomic mass is 15.3. The Bertz CT molecular complexity index is 296. The van der Waals surface area contributed by atoms with E-state index in [0.29, 0.717) is 6.04 Å². The van der Waals surface area contributed by atoms with Crippen LogP contribution in [0.2, 0.25) is 0 Å². The minimum Gasteiger partial charge on any atom is -0.310 e. The van der Waals surface area contributed by atoms with E-state index < -0.39 is 0 Å². The standard InChI is InChI=1S/C13H25N3/c1-5-7-8-13(14-9-6-2)12-10-15-16(4)11(12)3/h10,13-14H,5-9H2,1-4H3. The van der Waals surface area contributed by atoms with E-state index in [2.05, 4.69) is 31.2 Å². The summed E-state index contributed by atoms with van der Waals surface area (Å²) in [7, 11) is 2.01. The Hall–Kier alpha value is -0.830. The minimum absolute atomic E-state index is 0.480. The minimum atomic E-state index is 0.480. The molecule has 0 bridgehead atoms. The molecule has 1 rings (SSSR count). The molecule has 0 spiro atoms. The smallest absolute Gasteiger partial charge is 0.0540 e. The number of hydrogen-bond donors (Lipinski definition) is 1. The van der Waals surface area contributed by atoms with Gasteiger partial charge in [-0.25, -0.2) is 0 Å². The average Bonchev–Trinajstić information content (AvgIpc) is 2.61. The van der Waals surface area contributed by atoms with Crippen molar-refractivity contribution < 1.29 is 0 Å². The van der Waals surface area contributed by atoms with Gasteiger partial charge in [-0.3, -0.25) is 4.68 Å². The molecule has 3 nitrogen and oxygen atoms in total. The van der Waals surface area contributed by atoms with Crippen LogP contribution in [0, 0.1) is 6.92 Å². The van der Waals surface area contributed by atoms with Gasteiger partial charge in [-0.1, -0.05) is 26.7 Å². The van der Waals surface area contributed by atoms with Crippen molar-refractivity contribution >= 4 is 0 Å². The van der Waals surface area contributed by atoms with E-state index in [4.69, 9.17) is 0 Å².